The number of fused-ring (bicyclic) bond motifs is 1. The van der Waals surface area contributed by atoms with Crippen LogP contribution < -0.4 is 10.6 Å². The summed E-state index contributed by atoms with van der Waals surface area (Å²) in [6.45, 7) is 2.48. The maximum absolute atomic E-state index is 12.0. The first-order valence-electron chi connectivity index (χ1n) is 7.60. The van der Waals surface area contributed by atoms with Crippen LogP contribution in [0.5, 0.6) is 0 Å². The average molecular weight is 359 g/mol. The topological polar surface area (TPSA) is 71.1 Å². The summed E-state index contributed by atoms with van der Waals surface area (Å²) < 4.78 is 1.06. The number of benzene rings is 1. The number of hydrogen-bond donors (Lipinski definition) is 2. The van der Waals surface area contributed by atoms with Gasteiger partial charge in [0.25, 0.3) is 5.91 Å². The lowest BCUT2D eigenvalue weighted by atomic mass is 10.2. The number of rotatable bonds is 6. The summed E-state index contributed by atoms with van der Waals surface area (Å²) in [5.41, 5.74) is 2.69. The maximum Gasteiger partial charge on any atom is 0.252 e. The zero-order chi connectivity index (χ0) is 16.9. The molecule has 2 heterocycles. The van der Waals surface area contributed by atoms with Gasteiger partial charge in [0, 0.05) is 23.9 Å². The molecule has 3 aromatic rings. The Bertz CT molecular complexity index is 856. The van der Waals surface area contributed by atoms with Gasteiger partial charge < -0.3 is 10.6 Å². The summed E-state index contributed by atoms with van der Waals surface area (Å²) >= 11 is 2.96. The van der Waals surface area contributed by atoms with Crippen LogP contribution in [0.2, 0.25) is 0 Å². The van der Waals surface area contributed by atoms with Crippen molar-refractivity contribution >= 4 is 49.8 Å². The molecule has 3 rings (SSSR count). The molecule has 0 bridgehead atoms. The highest BCUT2D eigenvalue weighted by Crippen LogP contribution is 2.27. The Balaban J connectivity index is 1.45. The number of hydrogen-bond acceptors (Lipinski definition) is 5. The highest BCUT2D eigenvalue weighted by atomic mass is 32.1. The van der Waals surface area contributed by atoms with Gasteiger partial charge in [0.05, 0.1) is 10.2 Å². The molecule has 0 fully saturated rings. The first-order chi connectivity index (χ1) is 11.6. The van der Waals surface area contributed by atoms with Crippen LogP contribution in [0.15, 0.2) is 35.0 Å². The van der Waals surface area contributed by atoms with Crippen molar-refractivity contribution in [3.05, 3.63) is 46.2 Å². The van der Waals surface area contributed by atoms with E-state index in [1.165, 1.54) is 22.7 Å². The summed E-state index contributed by atoms with van der Waals surface area (Å²) in [6.07, 6.45) is 0.935. The molecule has 0 aliphatic heterocycles. The molecule has 0 aliphatic carbocycles. The number of nitrogens with zero attached hydrogens (tertiary/aromatic N) is 1. The molecule has 2 N–H and O–H groups in total. The van der Waals surface area contributed by atoms with Crippen LogP contribution in [0.3, 0.4) is 0 Å². The zero-order valence-electron chi connectivity index (χ0n) is 13.2. The monoisotopic (exact) mass is 359 g/mol. The Morgan fingerprint density at radius 1 is 1.25 bits per heavy atom. The standard InChI is InChI=1S/C17H17N3O2S2/c1-11-4-2-5-13-15(11)20-17(24-13)19-14(21)6-3-8-18-16(22)12-7-9-23-10-12/h2,4-5,7,9-10H,3,6,8H2,1H3,(H,18,22)(H,19,20,21). The van der Waals surface area contributed by atoms with E-state index in [2.05, 4.69) is 15.6 Å². The molecule has 124 valence electrons. The van der Waals surface area contributed by atoms with Crippen LogP contribution in [-0.4, -0.2) is 23.3 Å². The van der Waals surface area contributed by atoms with E-state index < -0.39 is 0 Å². The Labute approximate surface area is 147 Å². The van der Waals surface area contributed by atoms with Crippen LogP contribution in [0.4, 0.5) is 5.13 Å². The normalized spacial score (nSPS) is 10.7. The minimum atomic E-state index is -0.0988. The molecule has 2 aromatic heterocycles. The molecule has 5 nitrogen and oxygen atoms in total. The fraction of sp³-hybridized carbons (Fsp3) is 0.235. The first-order valence-corrected chi connectivity index (χ1v) is 9.36. The number of carbonyl (C=O) groups excluding carboxylic acids is 2. The molecule has 7 heteroatoms. The number of nitrogens with one attached hydrogen (secondary N) is 2. The summed E-state index contributed by atoms with van der Waals surface area (Å²) in [6, 6.07) is 7.76. The minimum Gasteiger partial charge on any atom is -0.352 e. The maximum atomic E-state index is 12.0. The number of anilines is 1. The third kappa shape index (κ3) is 3.98. The van der Waals surface area contributed by atoms with Gasteiger partial charge in [-0.2, -0.15) is 11.3 Å². The van der Waals surface area contributed by atoms with Crippen molar-refractivity contribution in [1.29, 1.82) is 0 Å². The van der Waals surface area contributed by atoms with Crippen molar-refractivity contribution in [1.82, 2.24) is 10.3 Å². The van der Waals surface area contributed by atoms with Crippen molar-refractivity contribution < 1.29 is 9.59 Å². The molecule has 1 aromatic carbocycles. The lowest BCUT2D eigenvalue weighted by Crippen LogP contribution is -2.25. The van der Waals surface area contributed by atoms with Gasteiger partial charge in [-0.3, -0.25) is 9.59 Å². The van der Waals surface area contributed by atoms with Crippen molar-refractivity contribution in [3.63, 3.8) is 0 Å². The Morgan fingerprint density at radius 3 is 2.88 bits per heavy atom. The number of aryl methyl sites for hydroxylation is 1. The van der Waals surface area contributed by atoms with Gasteiger partial charge in [-0.05, 0) is 36.4 Å². The van der Waals surface area contributed by atoms with Gasteiger partial charge in [0.15, 0.2) is 5.13 Å². The number of aromatic nitrogens is 1. The van der Waals surface area contributed by atoms with Crippen LogP contribution in [-0.2, 0) is 4.79 Å². The molecule has 2 amide bonds. The third-order valence-electron chi connectivity index (χ3n) is 3.52. The summed E-state index contributed by atoms with van der Waals surface area (Å²) in [4.78, 5) is 28.2. The fourth-order valence-corrected chi connectivity index (χ4v) is 3.86. The van der Waals surface area contributed by atoms with E-state index >= 15 is 0 Å². The second kappa shape index (κ2) is 7.55. The Hall–Kier alpha value is -2.25. The highest BCUT2D eigenvalue weighted by Gasteiger charge is 2.09. The minimum absolute atomic E-state index is 0.0866. The molecule has 0 saturated carbocycles. The largest absolute Gasteiger partial charge is 0.352 e. The fourth-order valence-electron chi connectivity index (χ4n) is 2.27. The van der Waals surface area contributed by atoms with Gasteiger partial charge in [-0.15, -0.1) is 0 Å². The summed E-state index contributed by atoms with van der Waals surface area (Å²) in [5.74, 6) is -0.185. The molecule has 0 atom stereocenters. The molecule has 0 saturated heterocycles. The smallest absolute Gasteiger partial charge is 0.252 e. The molecular weight excluding hydrogens is 342 g/mol. The quantitative estimate of drug-likeness (QED) is 0.657. The number of para-hydroxylation sites is 1. The van der Waals surface area contributed by atoms with Crippen LogP contribution >= 0.6 is 22.7 Å². The SMILES string of the molecule is Cc1cccc2sc(NC(=O)CCCNC(=O)c3ccsc3)nc12. The molecule has 0 spiro atoms. The van der Waals surface area contributed by atoms with E-state index in [9.17, 15) is 9.59 Å². The highest BCUT2D eigenvalue weighted by molar-refractivity contribution is 7.22. The van der Waals surface area contributed by atoms with Gasteiger partial charge in [-0.1, -0.05) is 23.5 Å². The predicted octanol–water partition coefficient (Wildman–Crippen LogP) is 3.81. The predicted molar refractivity (Wildman–Crippen MR) is 98.9 cm³/mol. The number of thiazole rings is 1. The van der Waals surface area contributed by atoms with Crippen molar-refractivity contribution in [2.24, 2.45) is 0 Å². The number of carbonyl (C=O) groups is 2. The summed E-state index contributed by atoms with van der Waals surface area (Å²) in [7, 11) is 0. The lowest BCUT2D eigenvalue weighted by Gasteiger charge is -2.04. The van der Waals surface area contributed by atoms with E-state index in [-0.39, 0.29) is 11.8 Å². The Morgan fingerprint density at radius 2 is 2.12 bits per heavy atom. The molecular formula is C17H17N3O2S2. The van der Waals surface area contributed by atoms with Gasteiger partial charge in [0.2, 0.25) is 5.91 Å². The Kier molecular flexibility index (Phi) is 5.22. The number of amides is 2. The second-order valence-corrected chi connectivity index (χ2v) is 7.17. The zero-order valence-corrected chi connectivity index (χ0v) is 14.8. The van der Waals surface area contributed by atoms with Gasteiger partial charge in [-0.25, -0.2) is 4.98 Å². The lowest BCUT2D eigenvalue weighted by molar-refractivity contribution is -0.116. The summed E-state index contributed by atoms with van der Waals surface area (Å²) in [5, 5.41) is 9.92. The van der Waals surface area contributed by atoms with E-state index in [1.54, 1.807) is 11.4 Å². The molecule has 0 unspecified atom stereocenters. The van der Waals surface area contributed by atoms with Gasteiger partial charge in [0.1, 0.15) is 0 Å². The number of thiophene rings is 1. The van der Waals surface area contributed by atoms with Crippen LogP contribution in [0.25, 0.3) is 10.2 Å². The van der Waals surface area contributed by atoms with E-state index in [4.69, 9.17) is 0 Å². The molecule has 0 radical (unpaired) electrons. The second-order valence-electron chi connectivity index (χ2n) is 5.36. The van der Waals surface area contributed by atoms with Gasteiger partial charge >= 0.3 is 0 Å². The van der Waals surface area contributed by atoms with Crippen molar-refractivity contribution in [3.8, 4) is 0 Å². The van der Waals surface area contributed by atoms with E-state index in [1.807, 2.05) is 30.5 Å². The molecule has 0 aliphatic rings. The van der Waals surface area contributed by atoms with Crippen LogP contribution in [0.1, 0.15) is 28.8 Å². The van der Waals surface area contributed by atoms with E-state index in [0.717, 1.165) is 15.8 Å². The van der Waals surface area contributed by atoms with Crippen molar-refractivity contribution in [2.45, 2.75) is 19.8 Å². The molecule has 24 heavy (non-hydrogen) atoms. The third-order valence-corrected chi connectivity index (χ3v) is 5.14. The average Bonchev–Trinajstić information content (AvgIpc) is 3.21. The van der Waals surface area contributed by atoms with Crippen LogP contribution in [0, 0.1) is 6.92 Å². The first kappa shape index (κ1) is 16.6. The van der Waals surface area contributed by atoms with Crippen molar-refractivity contribution in [2.75, 3.05) is 11.9 Å². The van der Waals surface area contributed by atoms with E-state index in [0.29, 0.717) is 30.1 Å².